The van der Waals surface area contributed by atoms with Crippen molar-refractivity contribution < 1.29 is 9.59 Å². The molecule has 28 heavy (non-hydrogen) atoms. The van der Waals surface area contributed by atoms with Crippen LogP contribution in [0.2, 0.25) is 5.02 Å². The van der Waals surface area contributed by atoms with E-state index in [1.807, 2.05) is 23.6 Å². The van der Waals surface area contributed by atoms with Crippen LogP contribution < -0.4 is 10.9 Å². The lowest BCUT2D eigenvalue weighted by atomic mass is 10.2. The number of hydrogen-bond donors (Lipinski definition) is 2. The van der Waals surface area contributed by atoms with Crippen molar-refractivity contribution in [2.24, 2.45) is 0 Å². The standard InChI is InChI=1S/C18H17ClN6O2S/c1-2-25-16(13-4-3-9-20-10-13)22-24-18(25)28-11-15(26)21-23-17(27)12-5-7-14(19)8-6-12/h3-10H,2,11H2,1H3,(H,21,26)(H,23,27). The highest BCUT2D eigenvalue weighted by Crippen LogP contribution is 2.23. The summed E-state index contributed by atoms with van der Waals surface area (Å²) in [7, 11) is 0. The van der Waals surface area contributed by atoms with Gasteiger partial charge in [0.25, 0.3) is 5.91 Å². The first kappa shape index (κ1) is 19.8. The van der Waals surface area contributed by atoms with E-state index in [0.29, 0.717) is 28.1 Å². The molecule has 0 unspecified atom stereocenters. The van der Waals surface area contributed by atoms with E-state index >= 15 is 0 Å². The lowest BCUT2D eigenvalue weighted by Crippen LogP contribution is -2.42. The number of nitrogens with one attached hydrogen (secondary N) is 2. The lowest BCUT2D eigenvalue weighted by Gasteiger charge is -2.08. The molecule has 0 saturated carbocycles. The van der Waals surface area contributed by atoms with Crippen LogP contribution in [0, 0.1) is 0 Å². The zero-order valence-electron chi connectivity index (χ0n) is 14.9. The Kier molecular flexibility index (Phi) is 6.62. The molecule has 0 aliphatic heterocycles. The van der Waals surface area contributed by atoms with Crippen LogP contribution in [0.4, 0.5) is 0 Å². The first-order chi connectivity index (χ1) is 13.6. The second-order valence-corrected chi connectivity index (χ2v) is 6.97. The van der Waals surface area contributed by atoms with Crippen molar-refractivity contribution in [1.82, 2.24) is 30.6 Å². The average molecular weight is 417 g/mol. The number of thioether (sulfide) groups is 1. The molecule has 0 fully saturated rings. The third kappa shape index (κ3) is 4.87. The van der Waals surface area contributed by atoms with Crippen LogP contribution in [0.1, 0.15) is 17.3 Å². The van der Waals surface area contributed by atoms with E-state index < -0.39 is 5.91 Å². The Morgan fingerprint density at radius 3 is 2.61 bits per heavy atom. The van der Waals surface area contributed by atoms with Crippen LogP contribution in [0.15, 0.2) is 53.9 Å². The number of hydrazine groups is 1. The number of halogens is 1. The maximum absolute atomic E-state index is 12.0. The molecular formula is C18H17ClN6O2S. The van der Waals surface area contributed by atoms with Crippen molar-refractivity contribution in [2.45, 2.75) is 18.6 Å². The molecule has 0 aliphatic carbocycles. The van der Waals surface area contributed by atoms with Crippen LogP contribution in [-0.4, -0.2) is 37.3 Å². The number of pyridine rings is 1. The fraction of sp³-hybridized carbons (Fsp3) is 0.167. The van der Waals surface area contributed by atoms with E-state index in [-0.39, 0.29) is 11.7 Å². The van der Waals surface area contributed by atoms with Crippen LogP contribution >= 0.6 is 23.4 Å². The minimum atomic E-state index is -0.425. The zero-order chi connectivity index (χ0) is 19.9. The molecular weight excluding hydrogens is 400 g/mol. The largest absolute Gasteiger partial charge is 0.302 e. The van der Waals surface area contributed by atoms with E-state index in [9.17, 15) is 9.59 Å². The molecule has 10 heteroatoms. The minimum absolute atomic E-state index is 0.0755. The molecule has 144 valence electrons. The molecule has 0 radical (unpaired) electrons. The molecule has 3 aromatic rings. The predicted octanol–water partition coefficient (Wildman–Crippen LogP) is 2.57. The minimum Gasteiger partial charge on any atom is -0.302 e. The summed E-state index contributed by atoms with van der Waals surface area (Å²) < 4.78 is 1.90. The van der Waals surface area contributed by atoms with Gasteiger partial charge in [-0.25, -0.2) is 0 Å². The molecule has 3 rings (SSSR count). The van der Waals surface area contributed by atoms with E-state index in [0.717, 1.165) is 5.56 Å². The quantitative estimate of drug-likeness (QED) is 0.473. The van der Waals surface area contributed by atoms with Crippen LogP contribution in [0.3, 0.4) is 0 Å². The number of carbonyl (C=O) groups is 2. The normalized spacial score (nSPS) is 10.5. The van der Waals surface area contributed by atoms with Gasteiger partial charge in [-0.1, -0.05) is 23.4 Å². The van der Waals surface area contributed by atoms with Crippen molar-refractivity contribution in [3.63, 3.8) is 0 Å². The van der Waals surface area contributed by atoms with Gasteiger partial charge >= 0.3 is 0 Å². The van der Waals surface area contributed by atoms with Crippen molar-refractivity contribution in [1.29, 1.82) is 0 Å². The topological polar surface area (TPSA) is 102 Å². The summed E-state index contributed by atoms with van der Waals surface area (Å²) in [5.74, 6) is -0.0208. The smallest absolute Gasteiger partial charge is 0.269 e. The van der Waals surface area contributed by atoms with Gasteiger partial charge in [-0.2, -0.15) is 0 Å². The van der Waals surface area contributed by atoms with E-state index in [1.54, 1.807) is 36.7 Å². The predicted molar refractivity (Wildman–Crippen MR) is 107 cm³/mol. The lowest BCUT2D eigenvalue weighted by molar-refractivity contribution is -0.119. The maximum Gasteiger partial charge on any atom is 0.269 e. The highest BCUT2D eigenvalue weighted by atomic mass is 35.5. The molecule has 8 nitrogen and oxygen atoms in total. The van der Waals surface area contributed by atoms with Gasteiger partial charge in [0.15, 0.2) is 11.0 Å². The van der Waals surface area contributed by atoms with Crippen molar-refractivity contribution in [2.75, 3.05) is 5.75 Å². The van der Waals surface area contributed by atoms with Crippen molar-refractivity contribution in [3.05, 3.63) is 59.4 Å². The Morgan fingerprint density at radius 1 is 1.14 bits per heavy atom. The fourth-order valence-corrected chi connectivity index (χ4v) is 3.28. The SMILES string of the molecule is CCn1c(SCC(=O)NNC(=O)c2ccc(Cl)cc2)nnc1-c1cccnc1. The molecule has 0 bridgehead atoms. The molecule has 1 aromatic carbocycles. The molecule has 2 N–H and O–H groups in total. The number of benzene rings is 1. The Labute approximate surface area is 170 Å². The summed E-state index contributed by atoms with van der Waals surface area (Å²) in [5.41, 5.74) is 5.99. The molecule has 0 saturated heterocycles. The van der Waals surface area contributed by atoms with Crippen molar-refractivity contribution >= 4 is 35.2 Å². The summed E-state index contributed by atoms with van der Waals surface area (Å²) >= 11 is 7.02. The second kappa shape index (κ2) is 9.34. The monoisotopic (exact) mass is 416 g/mol. The maximum atomic E-state index is 12.0. The molecule has 0 spiro atoms. The third-order valence-electron chi connectivity index (χ3n) is 3.71. The molecule has 2 amide bonds. The van der Waals surface area contributed by atoms with Gasteiger partial charge in [0.1, 0.15) is 0 Å². The van der Waals surface area contributed by atoms with Crippen molar-refractivity contribution in [3.8, 4) is 11.4 Å². The van der Waals surface area contributed by atoms with E-state index in [4.69, 9.17) is 11.6 Å². The molecule has 0 aliphatic rings. The van der Waals surface area contributed by atoms with Crippen LogP contribution in [0.5, 0.6) is 0 Å². The highest BCUT2D eigenvalue weighted by molar-refractivity contribution is 7.99. The van der Waals surface area contributed by atoms with Gasteiger partial charge in [-0.15, -0.1) is 10.2 Å². The summed E-state index contributed by atoms with van der Waals surface area (Å²) in [6, 6.07) is 10.1. The van der Waals surface area contributed by atoms with Gasteiger partial charge < -0.3 is 4.57 Å². The summed E-state index contributed by atoms with van der Waals surface area (Å²) in [4.78, 5) is 28.1. The number of nitrogens with zero attached hydrogens (tertiary/aromatic N) is 4. The van der Waals surface area contributed by atoms with Gasteiger partial charge in [-0.3, -0.25) is 25.4 Å². The zero-order valence-corrected chi connectivity index (χ0v) is 16.5. The first-order valence-corrected chi connectivity index (χ1v) is 9.76. The Hall–Kier alpha value is -2.91. The molecule has 2 heterocycles. The van der Waals surface area contributed by atoms with E-state index in [2.05, 4.69) is 26.0 Å². The Balaban J connectivity index is 1.55. The van der Waals surface area contributed by atoms with Gasteiger partial charge in [0, 0.05) is 35.1 Å². The van der Waals surface area contributed by atoms with Gasteiger partial charge in [-0.05, 0) is 43.3 Å². The summed E-state index contributed by atoms with van der Waals surface area (Å²) in [6.45, 7) is 2.62. The van der Waals surface area contributed by atoms with Crippen LogP contribution in [-0.2, 0) is 11.3 Å². The second-order valence-electron chi connectivity index (χ2n) is 5.59. The van der Waals surface area contributed by atoms with Gasteiger partial charge in [0.05, 0.1) is 5.75 Å². The Morgan fingerprint density at radius 2 is 1.93 bits per heavy atom. The number of aromatic nitrogens is 4. The fourth-order valence-electron chi connectivity index (χ4n) is 2.36. The number of amides is 2. The third-order valence-corrected chi connectivity index (χ3v) is 4.93. The highest BCUT2D eigenvalue weighted by Gasteiger charge is 2.15. The summed E-state index contributed by atoms with van der Waals surface area (Å²) in [5, 5.41) is 9.49. The average Bonchev–Trinajstić information content (AvgIpc) is 3.14. The number of rotatable bonds is 6. The number of hydrogen-bond acceptors (Lipinski definition) is 6. The first-order valence-electron chi connectivity index (χ1n) is 8.39. The van der Waals surface area contributed by atoms with Crippen LogP contribution in [0.25, 0.3) is 11.4 Å². The summed E-state index contributed by atoms with van der Waals surface area (Å²) in [6.07, 6.45) is 3.40. The molecule has 2 aromatic heterocycles. The van der Waals surface area contributed by atoms with E-state index in [1.165, 1.54) is 11.8 Å². The Bertz CT molecular complexity index is 962. The molecule has 0 atom stereocenters. The van der Waals surface area contributed by atoms with Gasteiger partial charge in [0.2, 0.25) is 5.91 Å². The number of carbonyl (C=O) groups excluding carboxylic acids is 2.